The molecule has 0 bridgehead atoms. The number of hydrogen-bond acceptors (Lipinski definition) is 3. The second kappa shape index (κ2) is 8.46. The number of hydrogen-bond donors (Lipinski definition) is 2. The molecule has 0 amide bonds. The van der Waals surface area contributed by atoms with Crippen LogP contribution in [-0.2, 0) is 10.2 Å². The predicted octanol–water partition coefficient (Wildman–Crippen LogP) is 1.87. The highest BCUT2D eigenvalue weighted by molar-refractivity contribution is 7.87. The summed E-state index contributed by atoms with van der Waals surface area (Å²) in [7, 11) is -3.30. The van der Waals surface area contributed by atoms with Gasteiger partial charge < -0.3 is 5.32 Å². The van der Waals surface area contributed by atoms with Crippen molar-refractivity contribution in [1.29, 1.82) is 0 Å². The van der Waals surface area contributed by atoms with Crippen LogP contribution in [0.1, 0.15) is 58.3 Å². The van der Waals surface area contributed by atoms with E-state index in [2.05, 4.69) is 17.0 Å². The van der Waals surface area contributed by atoms with Gasteiger partial charge in [-0.1, -0.05) is 32.6 Å². The molecule has 0 aromatic heterocycles. The van der Waals surface area contributed by atoms with Crippen LogP contribution in [0.25, 0.3) is 0 Å². The number of rotatable bonds is 6. The zero-order valence-electron chi connectivity index (χ0n) is 13.3. The fraction of sp³-hybridized carbons (Fsp3) is 1.00. The molecule has 1 atom stereocenters. The Labute approximate surface area is 130 Å². The van der Waals surface area contributed by atoms with Crippen molar-refractivity contribution in [2.75, 3.05) is 26.2 Å². The van der Waals surface area contributed by atoms with Crippen LogP contribution >= 0.6 is 0 Å². The van der Waals surface area contributed by atoms with E-state index in [-0.39, 0.29) is 6.04 Å². The van der Waals surface area contributed by atoms with E-state index < -0.39 is 10.2 Å². The van der Waals surface area contributed by atoms with Gasteiger partial charge in [-0.2, -0.15) is 17.4 Å². The molecule has 5 nitrogen and oxygen atoms in total. The fourth-order valence-electron chi connectivity index (χ4n) is 3.44. The summed E-state index contributed by atoms with van der Waals surface area (Å²) in [6.45, 7) is 5.29. The molecule has 6 heteroatoms. The van der Waals surface area contributed by atoms with Gasteiger partial charge >= 0.3 is 0 Å². The first-order valence-corrected chi connectivity index (χ1v) is 10.0. The maximum absolute atomic E-state index is 12.6. The zero-order chi connectivity index (χ0) is 15.1. The van der Waals surface area contributed by atoms with Crippen molar-refractivity contribution < 1.29 is 8.42 Å². The summed E-state index contributed by atoms with van der Waals surface area (Å²) < 4.78 is 29.8. The molecule has 21 heavy (non-hydrogen) atoms. The molecule has 0 aromatic rings. The summed E-state index contributed by atoms with van der Waals surface area (Å²) in [5, 5.41) is 3.34. The van der Waals surface area contributed by atoms with E-state index in [1.165, 1.54) is 12.8 Å². The molecule has 1 unspecified atom stereocenters. The third-order valence-electron chi connectivity index (χ3n) is 4.68. The van der Waals surface area contributed by atoms with Gasteiger partial charge in [0, 0.05) is 19.1 Å². The molecule has 124 valence electrons. The first-order chi connectivity index (χ1) is 10.1. The van der Waals surface area contributed by atoms with Gasteiger partial charge in [-0.25, -0.2) is 0 Å². The van der Waals surface area contributed by atoms with E-state index >= 15 is 0 Å². The third-order valence-corrected chi connectivity index (χ3v) is 6.32. The predicted molar refractivity (Wildman–Crippen MR) is 86.4 cm³/mol. The Morgan fingerprint density at radius 1 is 1.05 bits per heavy atom. The molecule has 1 saturated carbocycles. The Kier molecular flexibility index (Phi) is 6.92. The molecule has 2 fully saturated rings. The van der Waals surface area contributed by atoms with Crippen LogP contribution < -0.4 is 10.0 Å². The maximum atomic E-state index is 12.6. The Morgan fingerprint density at radius 3 is 2.43 bits per heavy atom. The van der Waals surface area contributed by atoms with Crippen LogP contribution in [0.4, 0.5) is 0 Å². The van der Waals surface area contributed by atoms with Crippen LogP contribution in [0.5, 0.6) is 0 Å². The van der Waals surface area contributed by atoms with Crippen LogP contribution in [0.2, 0.25) is 0 Å². The van der Waals surface area contributed by atoms with Gasteiger partial charge in [0.25, 0.3) is 10.2 Å². The van der Waals surface area contributed by atoms with Crippen molar-refractivity contribution in [1.82, 2.24) is 14.3 Å². The molecule has 1 aliphatic heterocycles. The van der Waals surface area contributed by atoms with Crippen molar-refractivity contribution in [3.05, 3.63) is 0 Å². The lowest BCUT2D eigenvalue weighted by atomic mass is 10.00. The molecule has 0 radical (unpaired) electrons. The highest BCUT2D eigenvalue weighted by Crippen LogP contribution is 2.21. The molecule has 1 aliphatic carbocycles. The highest BCUT2D eigenvalue weighted by Gasteiger charge is 2.30. The van der Waals surface area contributed by atoms with E-state index in [1.54, 1.807) is 4.31 Å². The molecular formula is C15H31N3O2S. The fourth-order valence-corrected chi connectivity index (χ4v) is 5.03. The lowest BCUT2D eigenvalue weighted by Gasteiger charge is -2.33. The first-order valence-electron chi connectivity index (χ1n) is 8.60. The van der Waals surface area contributed by atoms with Gasteiger partial charge in [0.15, 0.2) is 0 Å². The SMILES string of the molecule is CCNCC1CCCN(S(=O)(=O)NC2CCCCCC2)C1. The summed E-state index contributed by atoms with van der Waals surface area (Å²) in [5.74, 6) is 0.449. The Balaban J connectivity index is 1.88. The maximum Gasteiger partial charge on any atom is 0.279 e. The topological polar surface area (TPSA) is 61.4 Å². The molecule has 1 heterocycles. The summed E-state index contributed by atoms with van der Waals surface area (Å²) >= 11 is 0. The summed E-state index contributed by atoms with van der Waals surface area (Å²) in [6.07, 6.45) is 8.87. The minimum atomic E-state index is -3.30. The quantitative estimate of drug-likeness (QED) is 0.735. The van der Waals surface area contributed by atoms with Crippen LogP contribution in [0.15, 0.2) is 0 Å². The zero-order valence-corrected chi connectivity index (χ0v) is 14.1. The minimum absolute atomic E-state index is 0.145. The third kappa shape index (κ3) is 5.51. The van der Waals surface area contributed by atoms with Crippen LogP contribution in [0, 0.1) is 5.92 Å². The number of nitrogens with one attached hydrogen (secondary N) is 2. The van der Waals surface area contributed by atoms with E-state index in [0.717, 1.165) is 51.6 Å². The Morgan fingerprint density at radius 2 is 1.76 bits per heavy atom. The largest absolute Gasteiger partial charge is 0.317 e. The highest BCUT2D eigenvalue weighted by atomic mass is 32.2. The molecule has 0 aromatic carbocycles. The van der Waals surface area contributed by atoms with Crippen molar-refractivity contribution in [2.24, 2.45) is 5.92 Å². The second-order valence-corrected chi connectivity index (χ2v) is 8.19. The van der Waals surface area contributed by atoms with E-state index in [1.807, 2.05) is 0 Å². The summed E-state index contributed by atoms with van der Waals surface area (Å²) in [6, 6.07) is 0.145. The smallest absolute Gasteiger partial charge is 0.279 e. The Hall–Kier alpha value is -0.170. The normalized spacial score (nSPS) is 26.6. The minimum Gasteiger partial charge on any atom is -0.317 e. The molecular weight excluding hydrogens is 286 g/mol. The van der Waals surface area contributed by atoms with Gasteiger partial charge in [0.2, 0.25) is 0 Å². The van der Waals surface area contributed by atoms with Gasteiger partial charge in [-0.15, -0.1) is 0 Å². The summed E-state index contributed by atoms with van der Waals surface area (Å²) in [4.78, 5) is 0. The molecule has 0 spiro atoms. The Bertz CT molecular complexity index is 392. The van der Waals surface area contributed by atoms with Crippen molar-refractivity contribution >= 4 is 10.2 Å². The van der Waals surface area contributed by atoms with E-state index in [4.69, 9.17) is 0 Å². The van der Waals surface area contributed by atoms with E-state index in [0.29, 0.717) is 19.0 Å². The van der Waals surface area contributed by atoms with Gasteiger partial charge in [0.1, 0.15) is 0 Å². The van der Waals surface area contributed by atoms with Crippen molar-refractivity contribution in [3.8, 4) is 0 Å². The average molecular weight is 317 g/mol. The van der Waals surface area contributed by atoms with Gasteiger partial charge in [-0.3, -0.25) is 0 Å². The standard InChI is InChI=1S/C15H31N3O2S/c1-2-16-12-14-8-7-11-18(13-14)21(19,20)17-15-9-5-3-4-6-10-15/h14-17H,2-13H2,1H3. The lowest BCUT2D eigenvalue weighted by molar-refractivity contribution is 0.257. The number of nitrogens with zero attached hydrogens (tertiary/aromatic N) is 1. The second-order valence-electron chi connectivity index (χ2n) is 6.49. The summed E-state index contributed by atoms with van der Waals surface area (Å²) in [5.41, 5.74) is 0. The molecule has 2 aliphatic rings. The van der Waals surface area contributed by atoms with Gasteiger partial charge in [0.05, 0.1) is 0 Å². The van der Waals surface area contributed by atoms with Crippen molar-refractivity contribution in [2.45, 2.75) is 64.3 Å². The molecule has 2 rings (SSSR count). The molecule has 2 N–H and O–H groups in total. The monoisotopic (exact) mass is 317 g/mol. The molecule has 1 saturated heterocycles. The average Bonchev–Trinajstić information content (AvgIpc) is 2.73. The van der Waals surface area contributed by atoms with Crippen LogP contribution in [0.3, 0.4) is 0 Å². The van der Waals surface area contributed by atoms with Gasteiger partial charge in [-0.05, 0) is 44.7 Å². The first kappa shape index (κ1) is 17.2. The van der Waals surface area contributed by atoms with Crippen molar-refractivity contribution in [3.63, 3.8) is 0 Å². The van der Waals surface area contributed by atoms with E-state index in [9.17, 15) is 8.42 Å². The number of piperidine rings is 1. The lowest BCUT2D eigenvalue weighted by Crippen LogP contribution is -2.50. The van der Waals surface area contributed by atoms with Crippen LogP contribution in [-0.4, -0.2) is 44.9 Å².